The molecular weight excluding hydrogens is 513 g/mol. The maximum absolute atomic E-state index is 15.1. The molecule has 1 atom stereocenters. The van der Waals surface area contributed by atoms with Gasteiger partial charge in [0.1, 0.15) is 17.3 Å². The third-order valence-electron chi connectivity index (χ3n) is 6.39. The van der Waals surface area contributed by atoms with Crippen molar-refractivity contribution >= 4 is 27.7 Å². The first-order valence-electron chi connectivity index (χ1n) is 11.7. The third-order valence-corrected chi connectivity index (χ3v) is 6.88. The number of hydrogen-bond acceptors (Lipinski definition) is 6. The number of nitrogens with one attached hydrogen (secondary N) is 2. The summed E-state index contributed by atoms with van der Waals surface area (Å²) < 4.78 is 16.0. The van der Waals surface area contributed by atoms with Crippen LogP contribution in [-0.2, 0) is 0 Å². The number of halogens is 2. The zero-order valence-electron chi connectivity index (χ0n) is 19.5. The van der Waals surface area contributed by atoms with Gasteiger partial charge in [-0.05, 0) is 62.6 Å². The van der Waals surface area contributed by atoms with Crippen LogP contribution in [0, 0.1) is 5.82 Å². The second-order valence-electron chi connectivity index (χ2n) is 8.87. The molecule has 1 heterocycles. The number of amides is 1. The molecule has 7 nitrogen and oxygen atoms in total. The summed E-state index contributed by atoms with van der Waals surface area (Å²) in [5, 5.41) is 15.7. The van der Waals surface area contributed by atoms with Crippen LogP contribution >= 0.6 is 15.9 Å². The van der Waals surface area contributed by atoms with E-state index in [9.17, 15) is 9.90 Å². The van der Waals surface area contributed by atoms with Crippen LogP contribution in [0.5, 0.6) is 0 Å². The van der Waals surface area contributed by atoms with E-state index < -0.39 is 11.7 Å². The van der Waals surface area contributed by atoms with E-state index in [2.05, 4.69) is 36.5 Å². The number of aromatic nitrogens is 2. The zero-order chi connectivity index (χ0) is 24.9. The minimum absolute atomic E-state index is 0.0613. The minimum Gasteiger partial charge on any atom is -0.393 e. The Balaban J connectivity index is 1.55. The number of nitrogens with zero attached hydrogens (tertiary/aromatic N) is 2. The van der Waals surface area contributed by atoms with Gasteiger partial charge in [0, 0.05) is 22.5 Å². The summed E-state index contributed by atoms with van der Waals surface area (Å²) in [4.78, 5) is 21.9. The molecule has 0 saturated heterocycles. The third kappa shape index (κ3) is 6.04. The standard InChI is InChI=1S/C26H29BrFN5O2/c1-30-13-22(16-3-2-4-18(27)11-16)33-26(35)20-10-7-17(12-21(20)28)24-25(29)31-14-23(32-24)15-5-8-19(34)9-6-15/h2-4,7,10-12,14-15,19,22,30,34H,5-6,8-9,13H2,1H3,(H2,29,31)(H,33,35)/t15-,19-,22-/m1/s1. The molecule has 3 aromatic rings. The molecule has 0 bridgehead atoms. The van der Waals surface area contributed by atoms with Crippen LogP contribution in [0.2, 0.25) is 0 Å². The monoisotopic (exact) mass is 541 g/mol. The van der Waals surface area contributed by atoms with Crippen LogP contribution < -0.4 is 16.4 Å². The van der Waals surface area contributed by atoms with Gasteiger partial charge in [0.05, 0.1) is 29.6 Å². The number of nitrogen functional groups attached to an aromatic ring is 1. The maximum Gasteiger partial charge on any atom is 0.254 e. The highest BCUT2D eigenvalue weighted by atomic mass is 79.9. The Bertz CT molecular complexity index is 1200. The molecule has 1 aromatic heterocycles. The molecule has 0 radical (unpaired) electrons. The first kappa shape index (κ1) is 25.2. The summed E-state index contributed by atoms with van der Waals surface area (Å²) in [6, 6.07) is 11.6. The van der Waals surface area contributed by atoms with Crippen molar-refractivity contribution in [2.45, 2.75) is 43.7 Å². The normalized spacial score (nSPS) is 18.7. The van der Waals surface area contributed by atoms with Crippen molar-refractivity contribution in [1.29, 1.82) is 0 Å². The molecule has 1 fully saturated rings. The number of carbonyl (C=O) groups excluding carboxylic acids is 1. The van der Waals surface area contributed by atoms with Gasteiger partial charge in [-0.2, -0.15) is 0 Å². The number of aliphatic hydroxyl groups excluding tert-OH is 1. The van der Waals surface area contributed by atoms with Crippen molar-refractivity contribution in [3.63, 3.8) is 0 Å². The van der Waals surface area contributed by atoms with Gasteiger partial charge >= 0.3 is 0 Å². The lowest BCUT2D eigenvalue weighted by Crippen LogP contribution is -2.35. The molecule has 4 rings (SSSR count). The van der Waals surface area contributed by atoms with Gasteiger partial charge in [0.15, 0.2) is 0 Å². The van der Waals surface area contributed by atoms with E-state index in [-0.39, 0.29) is 29.4 Å². The molecule has 0 unspecified atom stereocenters. The van der Waals surface area contributed by atoms with Gasteiger partial charge < -0.3 is 21.5 Å². The van der Waals surface area contributed by atoms with Crippen LogP contribution in [-0.4, -0.2) is 40.7 Å². The molecule has 0 aliphatic heterocycles. The molecule has 1 saturated carbocycles. The molecule has 1 aliphatic carbocycles. The predicted octanol–water partition coefficient (Wildman–Crippen LogP) is 4.34. The van der Waals surface area contributed by atoms with Crippen molar-refractivity contribution in [2.24, 2.45) is 0 Å². The summed E-state index contributed by atoms with van der Waals surface area (Å²) in [5.41, 5.74) is 8.54. The second-order valence-corrected chi connectivity index (χ2v) is 9.78. The van der Waals surface area contributed by atoms with Crippen molar-refractivity contribution in [3.05, 3.63) is 75.8 Å². The lowest BCUT2D eigenvalue weighted by Gasteiger charge is -2.25. The van der Waals surface area contributed by atoms with Crippen molar-refractivity contribution < 1.29 is 14.3 Å². The Labute approximate surface area is 212 Å². The van der Waals surface area contributed by atoms with Crippen LogP contribution in [0.3, 0.4) is 0 Å². The fraction of sp³-hybridized carbons (Fsp3) is 0.346. The Morgan fingerprint density at radius 1 is 1.23 bits per heavy atom. The molecule has 9 heteroatoms. The van der Waals surface area contributed by atoms with E-state index in [4.69, 9.17) is 5.73 Å². The van der Waals surface area contributed by atoms with E-state index in [1.54, 1.807) is 19.3 Å². The van der Waals surface area contributed by atoms with Crippen molar-refractivity contribution in [2.75, 3.05) is 19.3 Å². The Morgan fingerprint density at radius 3 is 2.69 bits per heavy atom. The predicted molar refractivity (Wildman–Crippen MR) is 137 cm³/mol. The molecule has 35 heavy (non-hydrogen) atoms. The average molecular weight is 542 g/mol. The molecule has 184 valence electrons. The number of benzene rings is 2. The molecule has 5 N–H and O–H groups in total. The average Bonchev–Trinajstić information content (AvgIpc) is 2.84. The number of anilines is 1. The van der Waals surface area contributed by atoms with E-state index in [0.717, 1.165) is 41.4 Å². The van der Waals surface area contributed by atoms with Gasteiger partial charge in [-0.25, -0.2) is 14.4 Å². The van der Waals surface area contributed by atoms with Crippen LogP contribution in [0.4, 0.5) is 10.2 Å². The number of likely N-dealkylation sites (N-methyl/N-ethyl adjacent to an activating group) is 1. The zero-order valence-corrected chi connectivity index (χ0v) is 21.1. The summed E-state index contributed by atoms with van der Waals surface area (Å²) >= 11 is 3.45. The van der Waals surface area contributed by atoms with Gasteiger partial charge in [0.2, 0.25) is 0 Å². The number of rotatable bonds is 7. The first-order valence-corrected chi connectivity index (χ1v) is 12.5. The highest BCUT2D eigenvalue weighted by molar-refractivity contribution is 9.10. The molecule has 1 amide bonds. The maximum atomic E-state index is 15.1. The Kier molecular flexibility index (Phi) is 8.10. The Hall–Kier alpha value is -2.88. The smallest absolute Gasteiger partial charge is 0.254 e. The summed E-state index contributed by atoms with van der Waals surface area (Å²) in [7, 11) is 1.79. The van der Waals surface area contributed by atoms with E-state index in [0.29, 0.717) is 17.8 Å². The SMILES string of the molecule is CNC[C@@H](NC(=O)c1ccc(-c2nc([C@H]3CC[C@H](O)CC3)cnc2N)cc1F)c1cccc(Br)c1. The minimum atomic E-state index is -0.662. The summed E-state index contributed by atoms with van der Waals surface area (Å²) in [6.07, 6.45) is 4.47. The number of hydrogen-bond donors (Lipinski definition) is 4. The van der Waals surface area contributed by atoms with E-state index in [1.165, 1.54) is 12.1 Å². The number of carbonyl (C=O) groups is 1. The largest absolute Gasteiger partial charge is 0.393 e. The highest BCUT2D eigenvalue weighted by Crippen LogP contribution is 2.34. The van der Waals surface area contributed by atoms with Crippen molar-refractivity contribution in [3.8, 4) is 11.3 Å². The molecule has 2 aromatic carbocycles. The number of aliphatic hydroxyl groups is 1. The lowest BCUT2D eigenvalue weighted by atomic mass is 9.85. The quantitative estimate of drug-likeness (QED) is 0.354. The van der Waals surface area contributed by atoms with E-state index >= 15 is 4.39 Å². The molecule has 0 spiro atoms. The van der Waals surface area contributed by atoms with Gasteiger partial charge in [-0.1, -0.05) is 34.1 Å². The highest BCUT2D eigenvalue weighted by Gasteiger charge is 2.24. The lowest BCUT2D eigenvalue weighted by molar-refractivity contribution is 0.0932. The Morgan fingerprint density at radius 2 is 2.00 bits per heavy atom. The van der Waals surface area contributed by atoms with Gasteiger partial charge in [-0.15, -0.1) is 0 Å². The molecular formula is C26H29BrFN5O2. The topological polar surface area (TPSA) is 113 Å². The van der Waals surface area contributed by atoms with Gasteiger partial charge in [-0.3, -0.25) is 4.79 Å². The molecule has 1 aliphatic rings. The fourth-order valence-corrected chi connectivity index (χ4v) is 4.87. The van der Waals surface area contributed by atoms with E-state index in [1.807, 2.05) is 24.3 Å². The summed E-state index contributed by atoms with van der Waals surface area (Å²) in [5.74, 6) is -0.792. The fourth-order valence-electron chi connectivity index (χ4n) is 4.45. The summed E-state index contributed by atoms with van der Waals surface area (Å²) in [6.45, 7) is 0.485. The van der Waals surface area contributed by atoms with Crippen LogP contribution in [0.15, 0.2) is 53.1 Å². The second kappa shape index (κ2) is 11.2. The first-order chi connectivity index (χ1) is 16.9. The van der Waals surface area contributed by atoms with Crippen LogP contribution in [0.25, 0.3) is 11.3 Å². The van der Waals surface area contributed by atoms with Crippen LogP contribution in [0.1, 0.15) is 59.3 Å². The van der Waals surface area contributed by atoms with Gasteiger partial charge in [0.25, 0.3) is 5.91 Å². The van der Waals surface area contributed by atoms with Crippen molar-refractivity contribution in [1.82, 2.24) is 20.6 Å². The number of nitrogens with two attached hydrogens (primary N) is 1.